The zero-order valence-corrected chi connectivity index (χ0v) is 12.3. The Balaban J connectivity index is 1.99. The molecule has 1 heterocycles. The first-order chi connectivity index (χ1) is 8.72. The molecular weight excluding hydrogens is 246 g/mol. The van der Waals surface area contributed by atoms with Gasteiger partial charge in [0.25, 0.3) is 0 Å². The molecule has 1 rings (SSSR count). The highest BCUT2D eigenvalue weighted by Crippen LogP contribution is 2.09. The lowest BCUT2D eigenvalue weighted by Crippen LogP contribution is -2.39. The van der Waals surface area contributed by atoms with Crippen LogP contribution in [0.3, 0.4) is 0 Å². The lowest BCUT2D eigenvalue weighted by Gasteiger charge is -2.26. The van der Waals surface area contributed by atoms with Crippen molar-refractivity contribution in [1.82, 2.24) is 10.2 Å². The second-order valence-corrected chi connectivity index (χ2v) is 6.25. The molecule has 0 bridgehead atoms. The van der Waals surface area contributed by atoms with Gasteiger partial charge in [-0.15, -0.1) is 0 Å². The van der Waals surface area contributed by atoms with Gasteiger partial charge in [0.2, 0.25) is 5.91 Å². The van der Waals surface area contributed by atoms with E-state index < -0.39 is 0 Å². The maximum atomic E-state index is 11.6. The molecule has 0 radical (unpaired) electrons. The number of amides is 1. The van der Waals surface area contributed by atoms with Gasteiger partial charge in [-0.05, 0) is 25.3 Å². The fourth-order valence-electron chi connectivity index (χ4n) is 2.07. The van der Waals surface area contributed by atoms with Gasteiger partial charge in [0, 0.05) is 44.1 Å². The van der Waals surface area contributed by atoms with E-state index >= 15 is 0 Å². The Hall–Kier alpha value is -0.260. The summed E-state index contributed by atoms with van der Waals surface area (Å²) in [5.41, 5.74) is 5.49. The Morgan fingerprint density at radius 3 is 2.78 bits per heavy atom. The van der Waals surface area contributed by atoms with Crippen molar-refractivity contribution >= 4 is 17.7 Å². The number of carbonyl (C=O) groups excluding carboxylic acids is 1. The third kappa shape index (κ3) is 7.24. The van der Waals surface area contributed by atoms with Gasteiger partial charge in [0.15, 0.2) is 0 Å². The van der Waals surface area contributed by atoms with E-state index in [1.165, 1.54) is 11.5 Å². The monoisotopic (exact) mass is 273 g/mol. The molecule has 1 amide bonds. The molecule has 0 spiro atoms. The van der Waals surface area contributed by atoms with Gasteiger partial charge in [-0.3, -0.25) is 9.69 Å². The van der Waals surface area contributed by atoms with E-state index in [1.54, 1.807) is 0 Å². The summed E-state index contributed by atoms with van der Waals surface area (Å²) in [5, 5.41) is 3.01. The van der Waals surface area contributed by atoms with Crippen LogP contribution in [0.15, 0.2) is 0 Å². The van der Waals surface area contributed by atoms with Crippen LogP contribution in [0.4, 0.5) is 0 Å². The van der Waals surface area contributed by atoms with Crippen LogP contribution in [0.25, 0.3) is 0 Å². The van der Waals surface area contributed by atoms with Gasteiger partial charge in [-0.2, -0.15) is 11.8 Å². The van der Waals surface area contributed by atoms with E-state index in [0.717, 1.165) is 45.6 Å². The third-order valence-corrected chi connectivity index (χ3v) is 4.32. The minimum atomic E-state index is 0.185. The lowest BCUT2D eigenvalue weighted by molar-refractivity contribution is -0.121. The van der Waals surface area contributed by atoms with E-state index in [2.05, 4.69) is 17.1 Å². The normalized spacial score (nSPS) is 18.6. The van der Waals surface area contributed by atoms with Gasteiger partial charge in [-0.1, -0.05) is 6.92 Å². The van der Waals surface area contributed by atoms with E-state index in [0.29, 0.717) is 12.3 Å². The molecular formula is C13H27N3OS. The summed E-state index contributed by atoms with van der Waals surface area (Å²) in [7, 11) is 0. The van der Waals surface area contributed by atoms with Crippen molar-refractivity contribution < 1.29 is 4.79 Å². The summed E-state index contributed by atoms with van der Waals surface area (Å²) < 4.78 is 0. The predicted octanol–water partition coefficient (Wildman–Crippen LogP) is 0.917. The molecule has 0 aromatic heterocycles. The van der Waals surface area contributed by atoms with Crippen LogP contribution < -0.4 is 11.1 Å². The number of hydrogen-bond donors (Lipinski definition) is 2. The topological polar surface area (TPSA) is 58.4 Å². The predicted molar refractivity (Wildman–Crippen MR) is 78.8 cm³/mol. The van der Waals surface area contributed by atoms with Gasteiger partial charge in [-0.25, -0.2) is 0 Å². The molecule has 106 valence electrons. The molecule has 1 fully saturated rings. The molecule has 1 unspecified atom stereocenters. The largest absolute Gasteiger partial charge is 0.355 e. The number of nitrogens with two attached hydrogens (primary N) is 1. The van der Waals surface area contributed by atoms with Crippen molar-refractivity contribution in [3.8, 4) is 0 Å². The Morgan fingerprint density at radius 1 is 1.39 bits per heavy atom. The first-order valence-corrected chi connectivity index (χ1v) is 8.14. The van der Waals surface area contributed by atoms with Crippen LogP contribution in [0.5, 0.6) is 0 Å². The fraction of sp³-hybridized carbons (Fsp3) is 0.923. The van der Waals surface area contributed by atoms with Crippen LogP contribution in [0, 0.1) is 5.92 Å². The van der Waals surface area contributed by atoms with Gasteiger partial charge >= 0.3 is 0 Å². The summed E-state index contributed by atoms with van der Waals surface area (Å²) in [4.78, 5) is 14.1. The van der Waals surface area contributed by atoms with Crippen LogP contribution in [0.2, 0.25) is 0 Å². The second kappa shape index (κ2) is 9.64. The van der Waals surface area contributed by atoms with Gasteiger partial charge < -0.3 is 11.1 Å². The molecule has 5 heteroatoms. The minimum absolute atomic E-state index is 0.185. The maximum Gasteiger partial charge on any atom is 0.220 e. The number of rotatable bonds is 8. The Labute approximate surface area is 115 Å². The van der Waals surface area contributed by atoms with Gasteiger partial charge in [0.05, 0.1) is 0 Å². The summed E-state index contributed by atoms with van der Waals surface area (Å²) in [5.74, 6) is 3.19. The molecule has 3 N–H and O–H groups in total. The van der Waals surface area contributed by atoms with Crippen LogP contribution in [-0.2, 0) is 4.79 Å². The SMILES string of the molecule is CC(CCN)CCC(=O)NCCN1CCSCC1. The van der Waals surface area contributed by atoms with Gasteiger partial charge in [0.1, 0.15) is 0 Å². The fourth-order valence-corrected chi connectivity index (χ4v) is 3.05. The van der Waals surface area contributed by atoms with Crippen molar-refractivity contribution in [3.63, 3.8) is 0 Å². The molecule has 1 atom stereocenters. The van der Waals surface area contributed by atoms with E-state index in [1.807, 2.05) is 11.8 Å². The smallest absolute Gasteiger partial charge is 0.220 e. The van der Waals surface area contributed by atoms with Crippen molar-refractivity contribution in [2.45, 2.75) is 26.2 Å². The zero-order chi connectivity index (χ0) is 13.2. The summed E-state index contributed by atoms with van der Waals surface area (Å²) >= 11 is 2.02. The first kappa shape index (κ1) is 15.8. The molecule has 4 nitrogen and oxygen atoms in total. The minimum Gasteiger partial charge on any atom is -0.355 e. The molecule has 0 aromatic carbocycles. The summed E-state index contributed by atoms with van der Waals surface area (Å²) in [6, 6.07) is 0. The third-order valence-electron chi connectivity index (χ3n) is 3.38. The number of nitrogens with zero attached hydrogens (tertiary/aromatic N) is 1. The van der Waals surface area contributed by atoms with Crippen molar-refractivity contribution in [2.24, 2.45) is 11.7 Å². The van der Waals surface area contributed by atoms with Crippen molar-refractivity contribution in [2.75, 3.05) is 44.2 Å². The molecule has 0 aliphatic carbocycles. The van der Waals surface area contributed by atoms with Crippen LogP contribution >= 0.6 is 11.8 Å². The highest BCUT2D eigenvalue weighted by atomic mass is 32.2. The average Bonchev–Trinajstić information content (AvgIpc) is 2.38. The molecule has 1 aliphatic rings. The number of carbonyl (C=O) groups is 1. The number of thioether (sulfide) groups is 1. The van der Waals surface area contributed by atoms with Crippen molar-refractivity contribution in [1.29, 1.82) is 0 Å². The van der Waals surface area contributed by atoms with Crippen LogP contribution in [0.1, 0.15) is 26.2 Å². The van der Waals surface area contributed by atoms with Crippen molar-refractivity contribution in [3.05, 3.63) is 0 Å². The second-order valence-electron chi connectivity index (χ2n) is 5.03. The Bertz CT molecular complexity index is 232. The average molecular weight is 273 g/mol. The highest BCUT2D eigenvalue weighted by molar-refractivity contribution is 7.99. The Morgan fingerprint density at radius 2 is 2.11 bits per heavy atom. The Kier molecular flexibility index (Phi) is 8.46. The molecule has 0 aromatic rings. The highest BCUT2D eigenvalue weighted by Gasteiger charge is 2.10. The van der Waals surface area contributed by atoms with E-state index in [9.17, 15) is 4.79 Å². The van der Waals surface area contributed by atoms with E-state index in [4.69, 9.17) is 5.73 Å². The lowest BCUT2D eigenvalue weighted by atomic mass is 10.0. The molecule has 1 saturated heterocycles. The standard InChI is InChI=1S/C13H27N3OS/c1-12(4-5-14)2-3-13(17)15-6-7-16-8-10-18-11-9-16/h12H,2-11,14H2,1H3,(H,15,17). The van der Waals surface area contributed by atoms with Crippen LogP contribution in [-0.4, -0.2) is 55.0 Å². The summed E-state index contributed by atoms with van der Waals surface area (Å²) in [6.45, 7) is 6.98. The van der Waals surface area contributed by atoms with E-state index in [-0.39, 0.29) is 5.91 Å². The maximum absolute atomic E-state index is 11.6. The number of hydrogen-bond acceptors (Lipinski definition) is 4. The molecule has 18 heavy (non-hydrogen) atoms. The molecule has 1 aliphatic heterocycles. The molecule has 0 saturated carbocycles. The quantitative estimate of drug-likeness (QED) is 0.690. The zero-order valence-electron chi connectivity index (χ0n) is 11.5. The first-order valence-electron chi connectivity index (χ1n) is 6.99. The number of nitrogens with one attached hydrogen (secondary N) is 1. The summed E-state index contributed by atoms with van der Waals surface area (Å²) in [6.07, 6.45) is 2.60.